The van der Waals surface area contributed by atoms with Gasteiger partial charge in [0.2, 0.25) is 11.8 Å². The first-order valence-electron chi connectivity index (χ1n) is 13.7. The molecule has 212 valence electrons. The molecule has 39 heavy (non-hydrogen) atoms. The molecule has 0 radical (unpaired) electrons. The Kier molecular flexibility index (Phi) is 8.78. The van der Waals surface area contributed by atoms with Crippen LogP contribution in [0, 0.1) is 22.7 Å². The van der Waals surface area contributed by atoms with Gasteiger partial charge in [-0.25, -0.2) is 0 Å². The molecule has 1 aromatic heterocycles. The minimum absolute atomic E-state index is 0.0181. The van der Waals surface area contributed by atoms with E-state index in [1.807, 2.05) is 79.7 Å². The van der Waals surface area contributed by atoms with Crippen LogP contribution >= 0.6 is 0 Å². The first-order chi connectivity index (χ1) is 18.1. The van der Waals surface area contributed by atoms with Crippen molar-refractivity contribution >= 4 is 34.4 Å². The molecule has 2 aromatic rings. The van der Waals surface area contributed by atoms with Crippen LogP contribution in [0.1, 0.15) is 72.3 Å². The molecule has 3 N–H and O–H groups in total. The average molecular weight is 537 g/mol. The van der Waals surface area contributed by atoms with Gasteiger partial charge in [0.05, 0.1) is 6.04 Å². The van der Waals surface area contributed by atoms with Crippen molar-refractivity contribution in [2.24, 2.45) is 22.7 Å². The Morgan fingerprint density at radius 3 is 2.36 bits per heavy atom. The normalized spacial score (nSPS) is 20.5. The third-order valence-electron chi connectivity index (χ3n) is 8.01. The third-order valence-corrected chi connectivity index (χ3v) is 8.01. The van der Waals surface area contributed by atoms with Gasteiger partial charge in [-0.05, 0) is 47.3 Å². The van der Waals surface area contributed by atoms with Gasteiger partial charge in [0.25, 0.3) is 5.91 Å². The number of aromatic amines is 1. The summed E-state index contributed by atoms with van der Waals surface area (Å²) in [6.45, 7) is 19.5. The number of amides is 3. The zero-order chi connectivity index (χ0) is 29.3. The van der Waals surface area contributed by atoms with Gasteiger partial charge in [-0.1, -0.05) is 80.2 Å². The Morgan fingerprint density at radius 2 is 1.79 bits per heavy atom. The molecule has 8 nitrogen and oxygen atoms in total. The second-order valence-corrected chi connectivity index (χ2v) is 13.0. The Labute approximate surface area is 232 Å². The van der Waals surface area contributed by atoms with Gasteiger partial charge in [-0.2, -0.15) is 0 Å². The molecule has 1 aromatic carbocycles. The number of fused-ring (bicyclic) bond motifs is 1. The highest BCUT2D eigenvalue weighted by atomic mass is 16.2. The van der Waals surface area contributed by atoms with Gasteiger partial charge in [-0.3, -0.25) is 19.2 Å². The van der Waals surface area contributed by atoms with Crippen molar-refractivity contribution in [2.45, 2.75) is 79.9 Å². The molecule has 3 amide bonds. The van der Waals surface area contributed by atoms with Gasteiger partial charge >= 0.3 is 0 Å². The van der Waals surface area contributed by atoms with Gasteiger partial charge in [0.15, 0.2) is 5.78 Å². The molecule has 0 aliphatic carbocycles. The maximum Gasteiger partial charge on any atom is 0.268 e. The summed E-state index contributed by atoms with van der Waals surface area (Å²) in [5.74, 6) is -1.18. The van der Waals surface area contributed by atoms with E-state index in [1.165, 1.54) is 6.08 Å². The lowest BCUT2D eigenvalue weighted by atomic mass is 9.76. The van der Waals surface area contributed by atoms with Gasteiger partial charge in [0.1, 0.15) is 17.8 Å². The lowest BCUT2D eigenvalue weighted by molar-refractivity contribution is -0.143. The van der Waals surface area contributed by atoms with E-state index in [9.17, 15) is 19.2 Å². The van der Waals surface area contributed by atoms with Crippen LogP contribution < -0.4 is 10.6 Å². The lowest BCUT2D eigenvalue weighted by Gasteiger charge is -2.37. The van der Waals surface area contributed by atoms with Crippen molar-refractivity contribution in [3.05, 3.63) is 48.7 Å². The lowest BCUT2D eigenvalue weighted by Crippen LogP contribution is -2.59. The van der Waals surface area contributed by atoms with E-state index in [-0.39, 0.29) is 35.3 Å². The maximum atomic E-state index is 14.1. The number of H-pyrrole nitrogens is 1. The van der Waals surface area contributed by atoms with E-state index in [2.05, 4.69) is 22.2 Å². The first-order valence-corrected chi connectivity index (χ1v) is 13.7. The number of benzene rings is 1. The van der Waals surface area contributed by atoms with Crippen LogP contribution in [0.4, 0.5) is 0 Å². The maximum absolute atomic E-state index is 14.1. The van der Waals surface area contributed by atoms with Crippen LogP contribution in [0.2, 0.25) is 0 Å². The van der Waals surface area contributed by atoms with Crippen LogP contribution in [0.25, 0.3) is 10.9 Å². The Bertz CT molecular complexity index is 1220. The number of carbonyl (C=O) groups excluding carboxylic acids is 4. The molecule has 3 rings (SSSR count). The SMILES string of the molecule is C=CC(=O)[C@@H](NC(=O)[C@H]1N(C(=O)[C@H](CC(C)C)NC(=O)c2cc3ccccc3[nH]2)C[C@@H](C)C1(C)C)C(C)(C)C. The predicted octanol–water partition coefficient (Wildman–Crippen LogP) is 4.47. The average Bonchev–Trinajstić information content (AvgIpc) is 3.38. The van der Waals surface area contributed by atoms with E-state index >= 15 is 0 Å². The van der Waals surface area contributed by atoms with E-state index in [1.54, 1.807) is 11.0 Å². The fourth-order valence-corrected chi connectivity index (χ4v) is 5.38. The summed E-state index contributed by atoms with van der Waals surface area (Å²) in [6.07, 6.45) is 1.64. The zero-order valence-electron chi connectivity index (χ0n) is 24.6. The van der Waals surface area contributed by atoms with Gasteiger partial charge in [0, 0.05) is 17.4 Å². The minimum Gasteiger partial charge on any atom is -0.351 e. The van der Waals surface area contributed by atoms with Crippen LogP contribution in [0.3, 0.4) is 0 Å². The smallest absolute Gasteiger partial charge is 0.268 e. The Morgan fingerprint density at radius 1 is 1.15 bits per heavy atom. The van der Waals surface area contributed by atoms with Crippen LogP contribution in [-0.2, 0) is 14.4 Å². The summed E-state index contributed by atoms with van der Waals surface area (Å²) in [5.41, 5.74) is 0.114. The van der Waals surface area contributed by atoms with Crippen LogP contribution in [-0.4, -0.2) is 58.1 Å². The molecule has 0 spiro atoms. The van der Waals surface area contributed by atoms with Gasteiger partial charge in [-0.15, -0.1) is 0 Å². The van der Waals surface area contributed by atoms with Crippen LogP contribution in [0.5, 0.6) is 0 Å². The molecule has 1 aliphatic rings. The number of hydrogen-bond donors (Lipinski definition) is 3. The Hall–Kier alpha value is -3.42. The molecular weight excluding hydrogens is 492 g/mol. The molecule has 2 heterocycles. The highest BCUT2D eigenvalue weighted by Gasteiger charge is 2.53. The quantitative estimate of drug-likeness (QED) is 0.411. The number of rotatable bonds is 9. The molecule has 1 saturated heterocycles. The second kappa shape index (κ2) is 11.4. The molecule has 0 unspecified atom stereocenters. The molecule has 4 atom stereocenters. The third kappa shape index (κ3) is 6.43. The number of ketones is 1. The summed E-state index contributed by atoms with van der Waals surface area (Å²) in [5, 5.41) is 6.77. The number of nitrogens with zero attached hydrogens (tertiary/aromatic N) is 1. The highest BCUT2D eigenvalue weighted by Crippen LogP contribution is 2.42. The fraction of sp³-hybridized carbons (Fsp3) is 0.548. The van der Waals surface area contributed by atoms with Crippen molar-refractivity contribution in [3.63, 3.8) is 0 Å². The molecule has 0 saturated carbocycles. The minimum atomic E-state index is -0.812. The van der Waals surface area contributed by atoms with E-state index in [0.717, 1.165) is 10.9 Å². The molecule has 0 bridgehead atoms. The first kappa shape index (κ1) is 30.1. The van der Waals surface area contributed by atoms with Gasteiger partial charge < -0.3 is 20.5 Å². The molecule has 1 aliphatic heterocycles. The molecule has 1 fully saturated rings. The number of carbonyl (C=O) groups is 4. The number of aromatic nitrogens is 1. The fourth-order valence-electron chi connectivity index (χ4n) is 5.38. The monoisotopic (exact) mass is 536 g/mol. The zero-order valence-corrected chi connectivity index (χ0v) is 24.6. The standard InChI is InChI=1S/C31H44N4O4/c1-10-24(36)25(30(5,6)7)34-28(38)26-31(8,9)19(4)17-35(26)29(39)23(15-18(2)3)33-27(37)22-16-20-13-11-12-14-21(20)32-22/h10-14,16,18-19,23,25-26,32H,1,15,17H2,2-9H3,(H,33,37)(H,34,38)/t19-,23+,25-,26-/m1/s1. The number of para-hydroxylation sites is 1. The molecular formula is C31H44N4O4. The van der Waals surface area contributed by atoms with Crippen molar-refractivity contribution in [1.29, 1.82) is 0 Å². The summed E-state index contributed by atoms with van der Waals surface area (Å²) >= 11 is 0. The highest BCUT2D eigenvalue weighted by molar-refractivity contribution is 6.01. The van der Waals surface area contributed by atoms with E-state index < -0.39 is 29.0 Å². The topological polar surface area (TPSA) is 111 Å². The Balaban J connectivity index is 1.90. The summed E-state index contributed by atoms with van der Waals surface area (Å²) in [6, 6.07) is 6.97. The second-order valence-electron chi connectivity index (χ2n) is 13.0. The van der Waals surface area contributed by atoms with Crippen molar-refractivity contribution in [1.82, 2.24) is 20.5 Å². The largest absolute Gasteiger partial charge is 0.351 e. The van der Waals surface area contributed by atoms with E-state index in [4.69, 9.17) is 0 Å². The predicted molar refractivity (Wildman–Crippen MR) is 154 cm³/mol. The van der Waals surface area contributed by atoms with Crippen molar-refractivity contribution in [2.75, 3.05) is 6.54 Å². The van der Waals surface area contributed by atoms with Crippen molar-refractivity contribution in [3.8, 4) is 0 Å². The summed E-state index contributed by atoms with van der Waals surface area (Å²) in [7, 11) is 0. The number of hydrogen-bond acceptors (Lipinski definition) is 4. The van der Waals surface area contributed by atoms with E-state index in [0.29, 0.717) is 18.7 Å². The van der Waals surface area contributed by atoms with Crippen molar-refractivity contribution < 1.29 is 19.2 Å². The molecule has 8 heteroatoms. The van der Waals surface area contributed by atoms with Crippen LogP contribution in [0.15, 0.2) is 43.0 Å². The summed E-state index contributed by atoms with van der Waals surface area (Å²) in [4.78, 5) is 58.5. The summed E-state index contributed by atoms with van der Waals surface area (Å²) < 4.78 is 0. The number of likely N-dealkylation sites (tertiary alicyclic amines) is 1. The number of nitrogens with one attached hydrogen (secondary N) is 3.